The Labute approximate surface area is 113 Å². The maximum absolute atomic E-state index is 13.9. The van der Waals surface area contributed by atoms with Gasteiger partial charge in [0.1, 0.15) is 5.82 Å². The van der Waals surface area contributed by atoms with E-state index >= 15 is 0 Å². The van der Waals surface area contributed by atoms with Gasteiger partial charge >= 0.3 is 0 Å². The van der Waals surface area contributed by atoms with Crippen LogP contribution < -0.4 is 10.6 Å². The standard InChI is InChI=1S/C15H21FN2O/c1-10(2)18-15(19)12-3-4-14(16)13(9-12)11-5-7-17-8-6-11/h3-4,9-11,17H,5-8H2,1-2H3,(H,18,19). The molecular weight excluding hydrogens is 243 g/mol. The largest absolute Gasteiger partial charge is 0.350 e. The van der Waals surface area contributed by atoms with Gasteiger partial charge in [0, 0.05) is 11.6 Å². The van der Waals surface area contributed by atoms with Crippen LogP contribution in [0, 0.1) is 5.82 Å². The Kier molecular flexibility index (Phi) is 4.53. The first-order valence-electron chi connectivity index (χ1n) is 6.89. The number of nitrogens with one attached hydrogen (secondary N) is 2. The molecule has 0 radical (unpaired) electrons. The van der Waals surface area contributed by atoms with E-state index in [1.54, 1.807) is 12.1 Å². The first kappa shape index (κ1) is 14.0. The first-order chi connectivity index (χ1) is 9.08. The van der Waals surface area contributed by atoms with Crippen LogP contribution in [0.2, 0.25) is 0 Å². The summed E-state index contributed by atoms with van der Waals surface area (Å²) in [5.74, 6) is -0.119. The van der Waals surface area contributed by atoms with Crippen molar-refractivity contribution in [1.29, 1.82) is 0 Å². The topological polar surface area (TPSA) is 41.1 Å². The maximum Gasteiger partial charge on any atom is 0.251 e. The van der Waals surface area contributed by atoms with Gasteiger partial charge in [0.2, 0.25) is 0 Å². The van der Waals surface area contributed by atoms with Crippen molar-refractivity contribution in [2.24, 2.45) is 0 Å². The molecule has 4 heteroatoms. The predicted octanol–water partition coefficient (Wildman–Crippen LogP) is 2.43. The number of amides is 1. The smallest absolute Gasteiger partial charge is 0.251 e. The van der Waals surface area contributed by atoms with E-state index in [4.69, 9.17) is 0 Å². The third-order valence-corrected chi connectivity index (χ3v) is 3.46. The summed E-state index contributed by atoms with van der Waals surface area (Å²) in [6.45, 7) is 5.64. The lowest BCUT2D eigenvalue weighted by Gasteiger charge is -2.23. The Bertz CT molecular complexity index is 453. The molecule has 1 amide bonds. The Morgan fingerprint density at radius 1 is 1.37 bits per heavy atom. The molecule has 1 fully saturated rings. The summed E-state index contributed by atoms with van der Waals surface area (Å²) in [5.41, 5.74) is 1.22. The number of halogens is 1. The zero-order chi connectivity index (χ0) is 13.8. The summed E-state index contributed by atoms with van der Waals surface area (Å²) in [4.78, 5) is 12.0. The number of hydrogen-bond acceptors (Lipinski definition) is 2. The molecule has 1 heterocycles. The Hall–Kier alpha value is -1.42. The van der Waals surface area contributed by atoms with Crippen LogP contribution in [0.3, 0.4) is 0 Å². The van der Waals surface area contributed by atoms with E-state index in [-0.39, 0.29) is 23.7 Å². The average Bonchev–Trinajstić information content (AvgIpc) is 2.39. The number of hydrogen-bond donors (Lipinski definition) is 2. The lowest BCUT2D eigenvalue weighted by atomic mass is 9.89. The van der Waals surface area contributed by atoms with Gasteiger partial charge < -0.3 is 10.6 Å². The number of carbonyl (C=O) groups excluding carboxylic acids is 1. The van der Waals surface area contributed by atoms with Gasteiger partial charge in [-0.05, 0) is 69.5 Å². The molecule has 3 nitrogen and oxygen atoms in total. The van der Waals surface area contributed by atoms with Gasteiger partial charge in [0.25, 0.3) is 5.91 Å². The SMILES string of the molecule is CC(C)NC(=O)c1ccc(F)c(C2CCNCC2)c1. The normalized spacial score (nSPS) is 16.6. The predicted molar refractivity (Wildman–Crippen MR) is 73.8 cm³/mol. The minimum absolute atomic E-state index is 0.0832. The van der Waals surface area contributed by atoms with Crippen molar-refractivity contribution in [3.63, 3.8) is 0 Å². The molecule has 0 aromatic heterocycles. The molecule has 19 heavy (non-hydrogen) atoms. The quantitative estimate of drug-likeness (QED) is 0.880. The van der Waals surface area contributed by atoms with E-state index < -0.39 is 0 Å². The highest BCUT2D eigenvalue weighted by atomic mass is 19.1. The lowest BCUT2D eigenvalue weighted by Crippen LogP contribution is -2.30. The van der Waals surface area contributed by atoms with Crippen molar-refractivity contribution in [2.75, 3.05) is 13.1 Å². The number of rotatable bonds is 3. The van der Waals surface area contributed by atoms with Crippen molar-refractivity contribution in [1.82, 2.24) is 10.6 Å². The van der Waals surface area contributed by atoms with Crippen LogP contribution in [-0.2, 0) is 0 Å². The van der Waals surface area contributed by atoms with Crippen molar-refractivity contribution < 1.29 is 9.18 Å². The van der Waals surface area contributed by atoms with E-state index in [1.807, 2.05) is 13.8 Å². The molecule has 1 aromatic carbocycles. The second kappa shape index (κ2) is 6.15. The van der Waals surface area contributed by atoms with E-state index in [9.17, 15) is 9.18 Å². The highest BCUT2D eigenvalue weighted by Crippen LogP contribution is 2.28. The van der Waals surface area contributed by atoms with Gasteiger partial charge in [-0.25, -0.2) is 4.39 Å². The molecule has 2 rings (SSSR count). The molecule has 0 atom stereocenters. The fourth-order valence-corrected chi connectivity index (χ4v) is 2.48. The summed E-state index contributed by atoms with van der Waals surface area (Å²) in [6.07, 6.45) is 1.85. The summed E-state index contributed by atoms with van der Waals surface area (Å²) >= 11 is 0. The fraction of sp³-hybridized carbons (Fsp3) is 0.533. The molecule has 1 aliphatic rings. The van der Waals surface area contributed by atoms with Crippen LogP contribution in [0.15, 0.2) is 18.2 Å². The van der Waals surface area contributed by atoms with E-state index in [2.05, 4.69) is 10.6 Å². The molecule has 0 unspecified atom stereocenters. The number of benzene rings is 1. The molecule has 1 aliphatic heterocycles. The van der Waals surface area contributed by atoms with Crippen molar-refractivity contribution in [3.8, 4) is 0 Å². The molecule has 0 spiro atoms. The van der Waals surface area contributed by atoms with E-state index in [1.165, 1.54) is 6.07 Å². The van der Waals surface area contributed by atoms with Crippen molar-refractivity contribution in [3.05, 3.63) is 35.1 Å². The summed E-state index contributed by atoms with van der Waals surface area (Å²) in [6, 6.07) is 4.76. The molecule has 2 N–H and O–H groups in total. The van der Waals surface area contributed by atoms with Crippen LogP contribution in [0.4, 0.5) is 4.39 Å². The molecular formula is C15H21FN2O. The van der Waals surface area contributed by atoms with Gasteiger partial charge in [-0.15, -0.1) is 0 Å². The van der Waals surface area contributed by atoms with E-state index in [0.29, 0.717) is 11.1 Å². The van der Waals surface area contributed by atoms with Crippen LogP contribution in [0.5, 0.6) is 0 Å². The van der Waals surface area contributed by atoms with Crippen LogP contribution in [0.1, 0.15) is 48.5 Å². The second-order valence-corrected chi connectivity index (χ2v) is 5.39. The third-order valence-electron chi connectivity index (χ3n) is 3.46. The van der Waals surface area contributed by atoms with E-state index in [0.717, 1.165) is 25.9 Å². The van der Waals surface area contributed by atoms with Crippen LogP contribution in [-0.4, -0.2) is 25.0 Å². The minimum Gasteiger partial charge on any atom is -0.350 e. The highest BCUT2D eigenvalue weighted by molar-refractivity contribution is 5.94. The summed E-state index contributed by atoms with van der Waals surface area (Å²) in [5, 5.41) is 6.10. The second-order valence-electron chi connectivity index (χ2n) is 5.39. The zero-order valence-corrected chi connectivity index (χ0v) is 11.5. The fourth-order valence-electron chi connectivity index (χ4n) is 2.48. The molecule has 0 aliphatic carbocycles. The van der Waals surface area contributed by atoms with Gasteiger partial charge in [-0.1, -0.05) is 0 Å². The van der Waals surface area contributed by atoms with Gasteiger partial charge in [-0.2, -0.15) is 0 Å². The first-order valence-corrected chi connectivity index (χ1v) is 6.89. The summed E-state index contributed by atoms with van der Waals surface area (Å²) < 4.78 is 13.9. The highest BCUT2D eigenvalue weighted by Gasteiger charge is 2.20. The summed E-state index contributed by atoms with van der Waals surface area (Å²) in [7, 11) is 0. The zero-order valence-electron chi connectivity index (χ0n) is 11.5. The minimum atomic E-state index is -0.201. The Morgan fingerprint density at radius 2 is 2.05 bits per heavy atom. The molecule has 0 bridgehead atoms. The van der Waals surface area contributed by atoms with Crippen LogP contribution >= 0.6 is 0 Å². The van der Waals surface area contributed by atoms with Crippen LogP contribution in [0.25, 0.3) is 0 Å². The molecule has 1 saturated heterocycles. The lowest BCUT2D eigenvalue weighted by molar-refractivity contribution is 0.0943. The maximum atomic E-state index is 13.9. The van der Waals surface area contributed by atoms with Gasteiger partial charge in [0.15, 0.2) is 0 Å². The van der Waals surface area contributed by atoms with Gasteiger partial charge in [-0.3, -0.25) is 4.79 Å². The molecule has 0 saturated carbocycles. The number of piperidine rings is 1. The molecule has 104 valence electrons. The number of carbonyl (C=O) groups is 1. The monoisotopic (exact) mass is 264 g/mol. The average molecular weight is 264 g/mol. The molecule has 1 aromatic rings. The van der Waals surface area contributed by atoms with Gasteiger partial charge in [0.05, 0.1) is 0 Å². The van der Waals surface area contributed by atoms with Crippen molar-refractivity contribution >= 4 is 5.91 Å². The third kappa shape index (κ3) is 3.53. The Balaban J connectivity index is 2.21. The Morgan fingerprint density at radius 3 is 2.68 bits per heavy atom. The van der Waals surface area contributed by atoms with Crippen molar-refractivity contribution in [2.45, 2.75) is 38.6 Å².